The molecular weight excluding hydrogens is 303 g/mol. The zero-order valence-electron chi connectivity index (χ0n) is 14.2. The maximum absolute atomic E-state index is 10.2. The van der Waals surface area contributed by atoms with Crippen LogP contribution in [0.1, 0.15) is 64.7 Å². The predicted molar refractivity (Wildman–Crippen MR) is 85.7 cm³/mol. The smallest absolute Gasteiger partial charge is 0.550 e. The molecule has 0 heterocycles. The Hall–Kier alpha value is 0.286. The molecule has 0 rings (SSSR count). The minimum atomic E-state index is -0.942. The van der Waals surface area contributed by atoms with Crippen LogP contribution in [0.2, 0.25) is 0 Å². The van der Waals surface area contributed by atoms with E-state index in [4.69, 9.17) is 0 Å². The van der Waals surface area contributed by atoms with Crippen molar-refractivity contribution in [3.63, 3.8) is 0 Å². The Kier molecular flexibility index (Phi) is 21.6. The maximum Gasteiger partial charge on any atom is 1.00 e. The van der Waals surface area contributed by atoms with Crippen molar-refractivity contribution < 1.29 is 66.4 Å². The molecular formula is C18H29KO3. The molecule has 0 aliphatic heterocycles. The van der Waals surface area contributed by atoms with Gasteiger partial charge in [-0.15, -0.1) is 0 Å². The maximum atomic E-state index is 10.2. The van der Waals surface area contributed by atoms with Crippen LogP contribution in [-0.4, -0.2) is 17.2 Å². The first-order chi connectivity index (χ1) is 10.2. The summed E-state index contributed by atoms with van der Waals surface area (Å²) < 4.78 is 0. The number of hydrogen-bond acceptors (Lipinski definition) is 3. The van der Waals surface area contributed by atoms with E-state index in [0.717, 1.165) is 44.9 Å². The van der Waals surface area contributed by atoms with Gasteiger partial charge in [-0.05, 0) is 38.5 Å². The molecule has 0 radical (unpaired) electrons. The number of hydrogen-bond donors (Lipinski definition) is 1. The molecule has 0 fully saturated rings. The van der Waals surface area contributed by atoms with Gasteiger partial charge in [-0.1, -0.05) is 62.6 Å². The number of unbranched alkanes of at least 4 members (excludes halogenated alkanes) is 5. The molecule has 0 bridgehead atoms. The molecule has 1 N–H and O–H groups in total. The van der Waals surface area contributed by atoms with E-state index in [2.05, 4.69) is 6.08 Å². The molecule has 3 nitrogen and oxygen atoms in total. The Labute approximate surface area is 178 Å². The topological polar surface area (TPSA) is 60.4 Å². The van der Waals surface area contributed by atoms with Gasteiger partial charge in [-0.2, -0.15) is 0 Å². The molecule has 0 amide bonds. The zero-order valence-corrected chi connectivity index (χ0v) is 17.3. The van der Waals surface area contributed by atoms with Gasteiger partial charge in [0.2, 0.25) is 0 Å². The Bertz CT molecular complexity index is 335. The van der Waals surface area contributed by atoms with Crippen LogP contribution in [0.25, 0.3) is 0 Å². The summed E-state index contributed by atoms with van der Waals surface area (Å²) in [4.78, 5) is 10.2. The van der Waals surface area contributed by atoms with Gasteiger partial charge in [-0.3, -0.25) is 0 Å². The number of allylic oxidation sites excluding steroid dienone is 5. The summed E-state index contributed by atoms with van der Waals surface area (Å²) in [6.07, 6.45) is 19.7. The molecule has 120 valence electrons. The Morgan fingerprint density at radius 3 is 2.23 bits per heavy atom. The van der Waals surface area contributed by atoms with E-state index in [9.17, 15) is 15.0 Å². The average molecular weight is 333 g/mol. The van der Waals surface area contributed by atoms with Gasteiger partial charge in [0, 0.05) is 5.97 Å². The normalized spacial score (nSPS) is 13.0. The molecule has 0 aliphatic carbocycles. The number of carboxylic acids is 1. The minimum Gasteiger partial charge on any atom is -0.550 e. The zero-order chi connectivity index (χ0) is 15.8. The summed E-state index contributed by atoms with van der Waals surface area (Å²) >= 11 is 0. The molecule has 22 heavy (non-hydrogen) atoms. The van der Waals surface area contributed by atoms with E-state index in [0.29, 0.717) is 6.42 Å². The summed E-state index contributed by atoms with van der Waals surface area (Å²) in [7, 11) is 0. The van der Waals surface area contributed by atoms with Gasteiger partial charge in [-0.25, -0.2) is 0 Å². The number of carbonyl (C=O) groups excluding carboxylic acids is 1. The number of aliphatic hydroxyl groups excluding tert-OH is 1. The largest absolute Gasteiger partial charge is 1.00 e. The minimum absolute atomic E-state index is 0. The average Bonchev–Trinajstić information content (AvgIpc) is 2.46. The van der Waals surface area contributed by atoms with E-state index < -0.39 is 5.97 Å². The summed E-state index contributed by atoms with van der Waals surface area (Å²) in [5, 5.41) is 19.5. The predicted octanol–water partition coefficient (Wildman–Crippen LogP) is 0.301. The van der Waals surface area contributed by atoms with Crippen molar-refractivity contribution in [2.75, 3.05) is 0 Å². The SMILES string of the molecule is CCC(O)C/C=C/C=C/C=C/CCCCCCCC(=O)[O-].[K+]. The van der Waals surface area contributed by atoms with Crippen LogP contribution in [0.4, 0.5) is 0 Å². The molecule has 0 aromatic heterocycles. The van der Waals surface area contributed by atoms with Crippen LogP contribution >= 0.6 is 0 Å². The fourth-order valence-corrected chi connectivity index (χ4v) is 1.85. The summed E-state index contributed by atoms with van der Waals surface area (Å²) in [6.45, 7) is 1.97. The summed E-state index contributed by atoms with van der Waals surface area (Å²) in [5.41, 5.74) is 0. The van der Waals surface area contributed by atoms with Gasteiger partial charge in [0.25, 0.3) is 0 Å². The second kappa shape index (κ2) is 19.3. The van der Waals surface area contributed by atoms with Crippen molar-refractivity contribution >= 4 is 5.97 Å². The number of rotatable bonds is 13. The van der Waals surface area contributed by atoms with Crippen molar-refractivity contribution in [2.45, 2.75) is 70.8 Å². The van der Waals surface area contributed by atoms with Crippen LogP contribution in [0.3, 0.4) is 0 Å². The Balaban J connectivity index is 0. The van der Waals surface area contributed by atoms with E-state index >= 15 is 0 Å². The van der Waals surface area contributed by atoms with Crippen molar-refractivity contribution in [1.29, 1.82) is 0 Å². The molecule has 0 aliphatic rings. The molecule has 0 saturated heterocycles. The number of aliphatic carboxylic acids is 1. The number of aliphatic hydroxyl groups is 1. The molecule has 0 aromatic carbocycles. The Morgan fingerprint density at radius 2 is 1.59 bits per heavy atom. The molecule has 0 spiro atoms. The number of carboxylic acid groups (broad SMARTS) is 1. The fourth-order valence-electron chi connectivity index (χ4n) is 1.85. The van der Waals surface area contributed by atoms with Gasteiger partial charge in [0.1, 0.15) is 0 Å². The van der Waals surface area contributed by atoms with Gasteiger partial charge in [0.05, 0.1) is 6.10 Å². The van der Waals surface area contributed by atoms with Crippen molar-refractivity contribution in [3.8, 4) is 0 Å². The van der Waals surface area contributed by atoms with Crippen molar-refractivity contribution in [1.82, 2.24) is 0 Å². The molecule has 1 unspecified atom stereocenters. The van der Waals surface area contributed by atoms with Crippen LogP contribution in [-0.2, 0) is 4.79 Å². The van der Waals surface area contributed by atoms with E-state index in [1.54, 1.807) is 0 Å². The second-order valence-corrected chi connectivity index (χ2v) is 5.22. The quantitative estimate of drug-likeness (QED) is 0.300. The first kappa shape index (κ1) is 24.5. The second-order valence-electron chi connectivity index (χ2n) is 5.22. The molecule has 0 aromatic rings. The first-order valence-electron chi connectivity index (χ1n) is 8.03. The molecule has 4 heteroatoms. The van der Waals surface area contributed by atoms with E-state index in [1.807, 2.05) is 37.3 Å². The standard InChI is InChI=1S/C18H30O3.K/c1-2-17(19)15-13-11-9-7-5-3-4-6-8-10-12-14-16-18(20)21;/h3,5,7,9,11,13,17,19H,2,4,6,8,10,12,14-16H2,1H3,(H,20,21);/q;+1/p-1/b5-3+,9-7+,13-11+;. The third-order valence-corrected chi connectivity index (χ3v) is 3.24. The van der Waals surface area contributed by atoms with Gasteiger partial charge in [0.15, 0.2) is 0 Å². The summed E-state index contributed by atoms with van der Waals surface area (Å²) in [6, 6.07) is 0. The monoisotopic (exact) mass is 332 g/mol. The van der Waals surface area contributed by atoms with Gasteiger partial charge < -0.3 is 15.0 Å². The van der Waals surface area contributed by atoms with E-state index in [-0.39, 0.29) is 63.9 Å². The van der Waals surface area contributed by atoms with Crippen LogP contribution < -0.4 is 56.5 Å². The van der Waals surface area contributed by atoms with Crippen molar-refractivity contribution in [2.24, 2.45) is 0 Å². The van der Waals surface area contributed by atoms with Crippen LogP contribution in [0.15, 0.2) is 36.5 Å². The molecule has 1 atom stereocenters. The van der Waals surface area contributed by atoms with Crippen LogP contribution in [0.5, 0.6) is 0 Å². The van der Waals surface area contributed by atoms with Crippen LogP contribution in [0, 0.1) is 0 Å². The summed E-state index contributed by atoms with van der Waals surface area (Å²) in [5.74, 6) is -0.942. The third-order valence-electron chi connectivity index (χ3n) is 3.24. The van der Waals surface area contributed by atoms with Gasteiger partial charge >= 0.3 is 51.4 Å². The Morgan fingerprint density at radius 1 is 1.00 bits per heavy atom. The number of carbonyl (C=O) groups is 1. The molecule has 0 saturated carbocycles. The van der Waals surface area contributed by atoms with E-state index in [1.165, 1.54) is 0 Å². The third kappa shape index (κ3) is 20.3. The fraction of sp³-hybridized carbons (Fsp3) is 0.611. The van der Waals surface area contributed by atoms with Crippen molar-refractivity contribution in [3.05, 3.63) is 36.5 Å². The first-order valence-corrected chi connectivity index (χ1v) is 8.03.